The van der Waals surface area contributed by atoms with E-state index < -0.39 is 0 Å². The van der Waals surface area contributed by atoms with Gasteiger partial charge in [-0.3, -0.25) is 4.79 Å². The van der Waals surface area contributed by atoms with Gasteiger partial charge < -0.3 is 10.6 Å². The average molecular weight is 232 g/mol. The van der Waals surface area contributed by atoms with Crippen molar-refractivity contribution in [1.29, 1.82) is 0 Å². The van der Waals surface area contributed by atoms with Crippen LogP contribution in [0.1, 0.15) is 31.7 Å². The third kappa shape index (κ3) is 2.50. The van der Waals surface area contributed by atoms with Crippen molar-refractivity contribution in [1.82, 2.24) is 5.32 Å². The molecule has 92 valence electrons. The molecule has 1 aromatic rings. The van der Waals surface area contributed by atoms with E-state index >= 15 is 0 Å². The Kier molecular flexibility index (Phi) is 3.48. The van der Waals surface area contributed by atoms with E-state index in [0.717, 1.165) is 37.1 Å². The van der Waals surface area contributed by atoms with Gasteiger partial charge in [-0.05, 0) is 50.4 Å². The summed E-state index contributed by atoms with van der Waals surface area (Å²) in [7, 11) is 0. The largest absolute Gasteiger partial charge is 0.324 e. The number of aryl methyl sites for hydroxylation is 1. The standard InChI is InChI=1S/C14H20N2O/c1-3-14(8-5-9-15-14)13(17)16-12-7-4-6-11(2)10-12/h4,6-7,10,15H,3,5,8-9H2,1-2H3,(H,16,17). The van der Waals surface area contributed by atoms with Crippen LogP contribution in [0.3, 0.4) is 0 Å². The smallest absolute Gasteiger partial charge is 0.244 e. The monoisotopic (exact) mass is 232 g/mol. The number of amides is 1. The molecule has 3 heteroatoms. The number of nitrogens with one attached hydrogen (secondary N) is 2. The second-order valence-corrected chi connectivity index (χ2v) is 4.79. The highest BCUT2D eigenvalue weighted by atomic mass is 16.2. The minimum Gasteiger partial charge on any atom is -0.324 e. The zero-order valence-corrected chi connectivity index (χ0v) is 10.5. The molecule has 0 bridgehead atoms. The maximum atomic E-state index is 12.3. The van der Waals surface area contributed by atoms with Crippen molar-refractivity contribution < 1.29 is 4.79 Å². The molecule has 17 heavy (non-hydrogen) atoms. The third-order valence-corrected chi connectivity index (χ3v) is 3.56. The molecular formula is C14H20N2O. The highest BCUT2D eigenvalue weighted by Gasteiger charge is 2.38. The quantitative estimate of drug-likeness (QED) is 0.840. The molecule has 0 saturated carbocycles. The summed E-state index contributed by atoms with van der Waals surface area (Å²) in [5.74, 6) is 0.100. The van der Waals surface area contributed by atoms with Crippen LogP contribution in [0, 0.1) is 6.92 Å². The van der Waals surface area contributed by atoms with Gasteiger partial charge in [0.1, 0.15) is 0 Å². The maximum absolute atomic E-state index is 12.3. The lowest BCUT2D eigenvalue weighted by Gasteiger charge is -2.26. The first-order valence-electron chi connectivity index (χ1n) is 6.29. The van der Waals surface area contributed by atoms with Crippen LogP contribution in [0.2, 0.25) is 0 Å². The first-order valence-corrected chi connectivity index (χ1v) is 6.29. The summed E-state index contributed by atoms with van der Waals surface area (Å²) in [4.78, 5) is 12.3. The SMILES string of the molecule is CCC1(C(=O)Nc2cccc(C)c2)CCCN1. The van der Waals surface area contributed by atoms with E-state index in [1.165, 1.54) is 0 Å². The molecule has 1 fully saturated rings. The highest BCUT2D eigenvalue weighted by Crippen LogP contribution is 2.25. The van der Waals surface area contributed by atoms with Gasteiger partial charge in [-0.1, -0.05) is 19.1 Å². The average Bonchev–Trinajstić information content (AvgIpc) is 2.78. The van der Waals surface area contributed by atoms with Crippen LogP contribution >= 0.6 is 0 Å². The highest BCUT2D eigenvalue weighted by molar-refractivity contribution is 5.98. The molecule has 1 aliphatic heterocycles. The van der Waals surface area contributed by atoms with Crippen LogP contribution in [0.5, 0.6) is 0 Å². The van der Waals surface area contributed by atoms with Crippen LogP contribution in [0.4, 0.5) is 5.69 Å². The number of hydrogen-bond acceptors (Lipinski definition) is 2. The van der Waals surface area contributed by atoms with Crippen molar-refractivity contribution in [2.45, 2.75) is 38.6 Å². The molecule has 2 N–H and O–H groups in total. The minimum atomic E-state index is -0.357. The third-order valence-electron chi connectivity index (χ3n) is 3.56. The van der Waals surface area contributed by atoms with Crippen LogP contribution < -0.4 is 10.6 Å². The predicted molar refractivity (Wildman–Crippen MR) is 70.1 cm³/mol. The Hall–Kier alpha value is -1.35. The van der Waals surface area contributed by atoms with Gasteiger partial charge in [0, 0.05) is 5.69 Å². The molecule has 3 nitrogen and oxygen atoms in total. The Morgan fingerprint density at radius 3 is 2.94 bits per heavy atom. The van der Waals surface area contributed by atoms with Gasteiger partial charge in [0.15, 0.2) is 0 Å². The number of benzene rings is 1. The Balaban J connectivity index is 2.10. The molecule has 0 radical (unpaired) electrons. The zero-order valence-electron chi connectivity index (χ0n) is 10.5. The van der Waals surface area contributed by atoms with E-state index in [0.29, 0.717) is 0 Å². The van der Waals surface area contributed by atoms with E-state index in [-0.39, 0.29) is 11.4 Å². The normalized spacial score (nSPS) is 23.6. The minimum absolute atomic E-state index is 0.100. The fourth-order valence-corrected chi connectivity index (χ4v) is 2.44. The summed E-state index contributed by atoms with van der Waals surface area (Å²) in [6.07, 6.45) is 2.85. The van der Waals surface area contributed by atoms with E-state index in [1.54, 1.807) is 0 Å². The molecule has 1 saturated heterocycles. The van der Waals surface area contributed by atoms with Gasteiger partial charge in [0.25, 0.3) is 0 Å². The van der Waals surface area contributed by atoms with Gasteiger partial charge in [0.2, 0.25) is 5.91 Å². The van der Waals surface area contributed by atoms with E-state index in [9.17, 15) is 4.79 Å². The Labute approximate surface area is 103 Å². The van der Waals surface area contributed by atoms with Gasteiger partial charge in [0.05, 0.1) is 5.54 Å². The zero-order chi connectivity index (χ0) is 12.3. The lowest BCUT2D eigenvalue weighted by Crippen LogP contribution is -2.50. The first kappa shape index (κ1) is 12.1. The lowest BCUT2D eigenvalue weighted by molar-refractivity contribution is -0.122. The molecule has 1 aromatic carbocycles. The fraction of sp³-hybridized carbons (Fsp3) is 0.500. The second-order valence-electron chi connectivity index (χ2n) is 4.79. The molecular weight excluding hydrogens is 212 g/mol. The number of carbonyl (C=O) groups is 1. The molecule has 0 aliphatic carbocycles. The summed E-state index contributed by atoms with van der Waals surface area (Å²) >= 11 is 0. The Morgan fingerprint density at radius 1 is 1.53 bits per heavy atom. The maximum Gasteiger partial charge on any atom is 0.244 e. The van der Waals surface area contributed by atoms with Gasteiger partial charge in [-0.25, -0.2) is 0 Å². The second kappa shape index (κ2) is 4.88. The number of carbonyl (C=O) groups excluding carboxylic acids is 1. The van der Waals surface area contributed by atoms with Crippen LogP contribution in [-0.2, 0) is 4.79 Å². The molecule has 1 aliphatic rings. The summed E-state index contributed by atoms with van der Waals surface area (Å²) in [5.41, 5.74) is 1.69. The fourth-order valence-electron chi connectivity index (χ4n) is 2.44. The summed E-state index contributed by atoms with van der Waals surface area (Å²) < 4.78 is 0. The van der Waals surface area contributed by atoms with Gasteiger partial charge >= 0.3 is 0 Å². The van der Waals surface area contributed by atoms with Crippen LogP contribution in [-0.4, -0.2) is 18.0 Å². The first-order chi connectivity index (χ1) is 8.16. The molecule has 0 aromatic heterocycles. The van der Waals surface area contributed by atoms with Crippen molar-refractivity contribution in [2.75, 3.05) is 11.9 Å². The molecule has 1 amide bonds. The van der Waals surface area contributed by atoms with E-state index in [4.69, 9.17) is 0 Å². The Morgan fingerprint density at radius 2 is 2.35 bits per heavy atom. The number of rotatable bonds is 3. The molecule has 1 heterocycles. The molecule has 1 unspecified atom stereocenters. The van der Waals surface area contributed by atoms with Gasteiger partial charge in [-0.15, -0.1) is 0 Å². The van der Waals surface area contributed by atoms with E-state index in [2.05, 4.69) is 17.6 Å². The number of anilines is 1. The molecule has 1 atom stereocenters. The molecule has 2 rings (SSSR count). The van der Waals surface area contributed by atoms with Gasteiger partial charge in [-0.2, -0.15) is 0 Å². The van der Waals surface area contributed by atoms with Crippen molar-refractivity contribution in [3.8, 4) is 0 Å². The summed E-state index contributed by atoms with van der Waals surface area (Å²) in [5, 5.41) is 6.36. The number of hydrogen-bond donors (Lipinski definition) is 2. The molecule has 0 spiro atoms. The Bertz CT molecular complexity index is 408. The van der Waals surface area contributed by atoms with Crippen LogP contribution in [0.15, 0.2) is 24.3 Å². The van der Waals surface area contributed by atoms with Crippen molar-refractivity contribution >= 4 is 11.6 Å². The van der Waals surface area contributed by atoms with Crippen molar-refractivity contribution in [3.05, 3.63) is 29.8 Å². The van der Waals surface area contributed by atoms with Crippen LogP contribution in [0.25, 0.3) is 0 Å². The lowest BCUT2D eigenvalue weighted by atomic mass is 9.93. The summed E-state index contributed by atoms with van der Waals surface area (Å²) in [6.45, 7) is 5.03. The van der Waals surface area contributed by atoms with Crippen molar-refractivity contribution in [2.24, 2.45) is 0 Å². The summed E-state index contributed by atoms with van der Waals surface area (Å²) in [6, 6.07) is 7.92. The van der Waals surface area contributed by atoms with E-state index in [1.807, 2.05) is 31.2 Å². The topological polar surface area (TPSA) is 41.1 Å². The van der Waals surface area contributed by atoms with Crippen molar-refractivity contribution in [3.63, 3.8) is 0 Å². The predicted octanol–water partition coefficient (Wildman–Crippen LogP) is 2.47.